The third-order valence-electron chi connectivity index (χ3n) is 3.33. The van der Waals surface area contributed by atoms with Gasteiger partial charge < -0.3 is 5.32 Å². The molecule has 1 saturated heterocycles. The molecule has 3 nitrogen and oxygen atoms in total. The Morgan fingerprint density at radius 1 is 1.35 bits per heavy atom. The van der Waals surface area contributed by atoms with Crippen molar-refractivity contribution >= 4 is 5.78 Å². The van der Waals surface area contributed by atoms with Crippen LogP contribution in [0.1, 0.15) is 48.9 Å². The molecule has 0 spiro atoms. The van der Waals surface area contributed by atoms with Crippen molar-refractivity contribution in [3.8, 4) is 0 Å². The van der Waals surface area contributed by atoms with Crippen molar-refractivity contribution in [2.24, 2.45) is 5.92 Å². The first-order valence-corrected chi connectivity index (χ1v) is 6.96. The van der Waals surface area contributed by atoms with Gasteiger partial charge in [0.15, 0.2) is 0 Å². The Labute approximate surface area is 107 Å². The number of Topliss-reactive ketones (excluding diaryl/α,β-unsaturated/α-hetero) is 1. The third-order valence-corrected chi connectivity index (χ3v) is 3.33. The maximum absolute atomic E-state index is 11.9. The second-order valence-electron chi connectivity index (χ2n) is 5.94. The van der Waals surface area contributed by atoms with Gasteiger partial charge in [0, 0.05) is 33.0 Å². The van der Waals surface area contributed by atoms with E-state index < -0.39 is 0 Å². The van der Waals surface area contributed by atoms with Gasteiger partial charge in [-0.05, 0) is 12.3 Å². The number of nitrogens with zero attached hydrogens (tertiary/aromatic N) is 1. The minimum absolute atomic E-state index is 0. The molecular formula is C14H30N2O. The average molecular weight is 242 g/mol. The molecule has 1 heterocycles. The van der Waals surface area contributed by atoms with Crippen LogP contribution in [0.25, 0.3) is 0 Å². The van der Waals surface area contributed by atoms with E-state index in [1.807, 2.05) is 6.92 Å². The van der Waals surface area contributed by atoms with Crippen LogP contribution < -0.4 is 5.32 Å². The first kappa shape index (κ1) is 14.7. The predicted octanol–water partition coefficient (Wildman–Crippen LogP) is 2.31. The molecule has 17 heavy (non-hydrogen) atoms. The lowest BCUT2D eigenvalue weighted by molar-refractivity contribution is -0.126. The van der Waals surface area contributed by atoms with E-state index in [4.69, 9.17) is 0 Å². The number of hydrogen-bond acceptors (Lipinski definition) is 3. The molecule has 0 bridgehead atoms. The molecule has 1 aliphatic heterocycles. The Morgan fingerprint density at radius 3 is 2.35 bits per heavy atom. The SMILES string of the molecule is CCC(=O)[C@@H](CC(C)C)N1CC(NC(C)C)C1.[HH]. The second kappa shape index (κ2) is 6.50. The quantitative estimate of drug-likeness (QED) is 0.743. The molecule has 0 saturated carbocycles. The van der Waals surface area contributed by atoms with Crippen LogP contribution in [0, 0.1) is 5.92 Å². The zero-order valence-corrected chi connectivity index (χ0v) is 12.0. The first-order chi connectivity index (χ1) is 7.93. The van der Waals surface area contributed by atoms with Gasteiger partial charge in [-0.1, -0.05) is 34.6 Å². The van der Waals surface area contributed by atoms with Crippen molar-refractivity contribution in [3.63, 3.8) is 0 Å². The number of rotatable bonds is 7. The monoisotopic (exact) mass is 242 g/mol. The Bertz CT molecular complexity index is 250. The molecule has 0 aliphatic carbocycles. The molecule has 0 aromatic heterocycles. The number of ketones is 1. The van der Waals surface area contributed by atoms with Gasteiger partial charge in [-0.25, -0.2) is 0 Å². The summed E-state index contributed by atoms with van der Waals surface area (Å²) in [5.41, 5.74) is 0. The van der Waals surface area contributed by atoms with Gasteiger partial charge in [-0.3, -0.25) is 9.69 Å². The highest BCUT2D eigenvalue weighted by molar-refractivity contribution is 5.83. The highest BCUT2D eigenvalue weighted by Crippen LogP contribution is 2.20. The topological polar surface area (TPSA) is 32.3 Å². The maximum atomic E-state index is 11.9. The summed E-state index contributed by atoms with van der Waals surface area (Å²) in [6, 6.07) is 1.27. The van der Waals surface area contributed by atoms with Crippen LogP contribution in [-0.4, -0.2) is 41.9 Å². The Kier molecular flexibility index (Phi) is 5.60. The van der Waals surface area contributed by atoms with Crippen molar-refractivity contribution < 1.29 is 6.22 Å². The number of hydrogen-bond donors (Lipinski definition) is 1. The van der Waals surface area contributed by atoms with Crippen LogP contribution >= 0.6 is 0 Å². The van der Waals surface area contributed by atoms with E-state index in [1.54, 1.807) is 0 Å². The summed E-state index contributed by atoms with van der Waals surface area (Å²) in [5, 5.41) is 3.52. The standard InChI is InChI=1S/C14H28N2O.H2/c1-6-14(17)13(7-10(2)3)16-8-12(9-16)15-11(4)5;/h10-13,15H,6-9H2,1-5H3;1H/t13-;/m1./s1. The van der Waals surface area contributed by atoms with Crippen LogP contribution in [0.4, 0.5) is 0 Å². The van der Waals surface area contributed by atoms with Crippen LogP contribution in [0.2, 0.25) is 0 Å². The molecule has 3 heteroatoms. The molecule has 1 fully saturated rings. The van der Waals surface area contributed by atoms with Crippen molar-refractivity contribution in [1.29, 1.82) is 0 Å². The fraction of sp³-hybridized carbons (Fsp3) is 0.929. The minimum Gasteiger partial charge on any atom is -0.309 e. The van der Waals surface area contributed by atoms with Crippen molar-refractivity contribution in [1.82, 2.24) is 10.2 Å². The van der Waals surface area contributed by atoms with Gasteiger partial charge in [0.1, 0.15) is 5.78 Å². The van der Waals surface area contributed by atoms with Gasteiger partial charge in [-0.15, -0.1) is 0 Å². The molecular weight excluding hydrogens is 212 g/mol. The first-order valence-electron chi connectivity index (χ1n) is 6.96. The van der Waals surface area contributed by atoms with Gasteiger partial charge in [0.2, 0.25) is 0 Å². The van der Waals surface area contributed by atoms with Crippen LogP contribution in [0.5, 0.6) is 0 Å². The summed E-state index contributed by atoms with van der Waals surface area (Å²) in [6.45, 7) is 12.8. The van der Waals surface area contributed by atoms with Gasteiger partial charge in [0.05, 0.1) is 6.04 Å². The molecule has 1 rings (SSSR count). The number of likely N-dealkylation sites (tertiary alicyclic amines) is 1. The minimum atomic E-state index is 0. The van der Waals surface area contributed by atoms with Crippen molar-refractivity contribution in [3.05, 3.63) is 0 Å². The van der Waals surface area contributed by atoms with E-state index in [0.717, 1.165) is 19.5 Å². The third kappa shape index (κ3) is 4.40. The van der Waals surface area contributed by atoms with E-state index in [-0.39, 0.29) is 7.47 Å². The van der Waals surface area contributed by atoms with E-state index in [2.05, 4.69) is 37.9 Å². The Balaban J connectivity index is 0.00000289. The second-order valence-corrected chi connectivity index (χ2v) is 5.94. The van der Waals surface area contributed by atoms with Crippen LogP contribution in [0.3, 0.4) is 0 Å². The summed E-state index contributed by atoms with van der Waals surface area (Å²) in [5.74, 6) is 0.995. The molecule has 0 amide bonds. The average Bonchev–Trinajstić information content (AvgIpc) is 2.18. The summed E-state index contributed by atoms with van der Waals surface area (Å²) in [7, 11) is 0. The van der Waals surface area contributed by atoms with Gasteiger partial charge >= 0.3 is 0 Å². The highest BCUT2D eigenvalue weighted by atomic mass is 16.1. The van der Waals surface area contributed by atoms with Crippen molar-refractivity contribution in [2.75, 3.05) is 13.1 Å². The Hall–Kier alpha value is -0.410. The molecule has 0 unspecified atom stereocenters. The largest absolute Gasteiger partial charge is 0.309 e. The lowest BCUT2D eigenvalue weighted by Crippen LogP contribution is -2.63. The number of nitrogens with one attached hydrogen (secondary N) is 1. The van der Waals surface area contributed by atoms with E-state index in [1.165, 1.54) is 0 Å². The van der Waals surface area contributed by atoms with Crippen LogP contribution in [0.15, 0.2) is 0 Å². The Morgan fingerprint density at radius 2 is 1.94 bits per heavy atom. The van der Waals surface area contributed by atoms with Gasteiger partial charge in [-0.2, -0.15) is 0 Å². The molecule has 0 aromatic carbocycles. The molecule has 0 aromatic rings. The zero-order valence-electron chi connectivity index (χ0n) is 12.0. The van der Waals surface area contributed by atoms with Crippen LogP contribution in [-0.2, 0) is 4.79 Å². The fourth-order valence-corrected chi connectivity index (χ4v) is 2.51. The van der Waals surface area contributed by atoms with E-state index >= 15 is 0 Å². The molecule has 1 N–H and O–H groups in total. The smallest absolute Gasteiger partial charge is 0.149 e. The summed E-state index contributed by atoms with van der Waals surface area (Å²) in [4.78, 5) is 14.3. The molecule has 102 valence electrons. The molecule has 1 aliphatic rings. The predicted molar refractivity (Wildman–Crippen MR) is 74.3 cm³/mol. The normalized spacial score (nSPS) is 19.7. The zero-order chi connectivity index (χ0) is 13.0. The van der Waals surface area contributed by atoms with Gasteiger partial charge in [0.25, 0.3) is 0 Å². The lowest BCUT2D eigenvalue weighted by Gasteiger charge is -2.45. The summed E-state index contributed by atoms with van der Waals surface area (Å²) < 4.78 is 0. The fourth-order valence-electron chi connectivity index (χ4n) is 2.51. The number of carbonyl (C=O) groups excluding carboxylic acids is 1. The highest BCUT2D eigenvalue weighted by Gasteiger charge is 2.35. The van der Waals surface area contributed by atoms with E-state index in [0.29, 0.717) is 30.2 Å². The van der Waals surface area contributed by atoms with Crippen molar-refractivity contribution in [2.45, 2.75) is 65.6 Å². The number of carbonyl (C=O) groups is 1. The molecule has 0 radical (unpaired) electrons. The molecule has 1 atom stereocenters. The maximum Gasteiger partial charge on any atom is 0.149 e. The lowest BCUT2D eigenvalue weighted by atomic mass is 9.93. The summed E-state index contributed by atoms with van der Waals surface area (Å²) >= 11 is 0. The van der Waals surface area contributed by atoms with E-state index in [9.17, 15) is 4.79 Å². The summed E-state index contributed by atoms with van der Waals surface area (Å²) in [6.07, 6.45) is 1.66.